The van der Waals surface area contributed by atoms with Crippen LogP contribution in [0.2, 0.25) is 0 Å². The number of thiophene rings is 1. The van der Waals surface area contributed by atoms with Crippen molar-refractivity contribution in [3.8, 4) is 11.4 Å². The number of rotatable bonds is 5. The van der Waals surface area contributed by atoms with Crippen LogP contribution >= 0.6 is 11.3 Å². The van der Waals surface area contributed by atoms with Gasteiger partial charge < -0.3 is 10.1 Å². The molecule has 106 valence electrons. The summed E-state index contributed by atoms with van der Waals surface area (Å²) in [6.45, 7) is 1.42. The maximum atomic E-state index is 11.7. The molecule has 0 saturated heterocycles. The van der Waals surface area contributed by atoms with E-state index >= 15 is 0 Å². The summed E-state index contributed by atoms with van der Waals surface area (Å²) >= 11 is 1.52. The topological polar surface area (TPSA) is 99.0 Å². The maximum Gasteiger partial charge on any atom is 0.328 e. The molecule has 0 bridgehead atoms. The highest BCUT2D eigenvalue weighted by molar-refractivity contribution is 7.08. The molecule has 0 aliphatic rings. The van der Waals surface area contributed by atoms with Gasteiger partial charge in [-0.05, 0) is 23.6 Å². The van der Waals surface area contributed by atoms with Crippen molar-refractivity contribution in [2.75, 3.05) is 7.11 Å². The standard InChI is InChI=1S/C11H13N5O3S/c1-7(11(18)19-2)12-9(17)5-16-14-10(13-15-16)8-3-4-20-6-8/h3-4,6-7H,5H2,1-2H3,(H,12,17). The van der Waals surface area contributed by atoms with E-state index in [0.29, 0.717) is 5.82 Å². The maximum absolute atomic E-state index is 11.7. The number of tetrazole rings is 1. The summed E-state index contributed by atoms with van der Waals surface area (Å²) in [5.74, 6) is -0.443. The average molecular weight is 295 g/mol. The average Bonchev–Trinajstić information content (AvgIpc) is 3.07. The predicted molar refractivity (Wildman–Crippen MR) is 70.8 cm³/mol. The van der Waals surface area contributed by atoms with Gasteiger partial charge in [-0.2, -0.15) is 16.1 Å². The van der Waals surface area contributed by atoms with Crippen LogP contribution in [0.25, 0.3) is 11.4 Å². The molecular weight excluding hydrogens is 282 g/mol. The first-order chi connectivity index (χ1) is 9.60. The minimum absolute atomic E-state index is 0.113. The molecule has 0 saturated carbocycles. The summed E-state index contributed by atoms with van der Waals surface area (Å²) in [6, 6.07) is 1.15. The molecule has 0 fully saturated rings. The van der Waals surface area contributed by atoms with Crippen LogP contribution in [0.4, 0.5) is 0 Å². The molecular formula is C11H13N5O3S. The lowest BCUT2D eigenvalue weighted by Crippen LogP contribution is -2.41. The second-order valence-electron chi connectivity index (χ2n) is 3.97. The van der Waals surface area contributed by atoms with Crippen LogP contribution in [0.3, 0.4) is 0 Å². The highest BCUT2D eigenvalue weighted by atomic mass is 32.1. The van der Waals surface area contributed by atoms with Gasteiger partial charge in [-0.15, -0.1) is 10.2 Å². The number of hydrogen-bond donors (Lipinski definition) is 1. The van der Waals surface area contributed by atoms with Crippen molar-refractivity contribution in [2.45, 2.75) is 19.5 Å². The Morgan fingerprint density at radius 2 is 2.35 bits per heavy atom. The molecule has 1 N–H and O–H groups in total. The summed E-state index contributed by atoms with van der Waals surface area (Å²) in [7, 11) is 1.26. The number of nitrogens with zero attached hydrogens (tertiary/aromatic N) is 4. The van der Waals surface area contributed by atoms with Gasteiger partial charge in [0, 0.05) is 10.9 Å². The fourth-order valence-electron chi connectivity index (χ4n) is 1.47. The van der Waals surface area contributed by atoms with Gasteiger partial charge >= 0.3 is 5.97 Å². The molecule has 2 heterocycles. The Morgan fingerprint density at radius 1 is 1.55 bits per heavy atom. The van der Waals surface area contributed by atoms with Gasteiger partial charge in [0.2, 0.25) is 11.7 Å². The first-order valence-electron chi connectivity index (χ1n) is 5.77. The molecule has 1 amide bonds. The lowest BCUT2D eigenvalue weighted by atomic mass is 10.3. The van der Waals surface area contributed by atoms with Crippen molar-refractivity contribution in [3.05, 3.63) is 16.8 Å². The lowest BCUT2D eigenvalue weighted by Gasteiger charge is -2.10. The van der Waals surface area contributed by atoms with E-state index in [1.54, 1.807) is 0 Å². The van der Waals surface area contributed by atoms with Crippen LogP contribution in [0, 0.1) is 0 Å². The molecule has 0 aromatic carbocycles. The summed E-state index contributed by atoms with van der Waals surface area (Å²) in [5.41, 5.74) is 0.851. The highest BCUT2D eigenvalue weighted by Crippen LogP contribution is 2.16. The fourth-order valence-corrected chi connectivity index (χ4v) is 2.10. The number of hydrogen-bond acceptors (Lipinski definition) is 7. The Labute approximate surface area is 118 Å². The van der Waals surface area contributed by atoms with Gasteiger partial charge in [0.05, 0.1) is 7.11 Å². The van der Waals surface area contributed by atoms with Gasteiger partial charge in [-0.3, -0.25) is 4.79 Å². The molecule has 9 heteroatoms. The first kappa shape index (κ1) is 14.1. The summed E-state index contributed by atoms with van der Waals surface area (Å²) in [5, 5.41) is 18.0. The minimum atomic E-state index is -0.715. The third-order valence-electron chi connectivity index (χ3n) is 2.45. The van der Waals surface area contributed by atoms with E-state index < -0.39 is 17.9 Å². The number of carbonyl (C=O) groups is 2. The van der Waals surface area contributed by atoms with Gasteiger partial charge in [0.15, 0.2) is 0 Å². The number of ether oxygens (including phenoxy) is 1. The third-order valence-corrected chi connectivity index (χ3v) is 3.13. The third kappa shape index (κ3) is 3.38. The molecule has 2 rings (SSSR count). The summed E-state index contributed by atoms with van der Waals surface area (Å²) < 4.78 is 4.51. The predicted octanol–water partition coefficient (Wildman–Crippen LogP) is 0.0793. The number of methoxy groups -OCH3 is 1. The van der Waals surface area contributed by atoms with E-state index in [1.807, 2.05) is 16.8 Å². The van der Waals surface area contributed by atoms with Crippen molar-refractivity contribution >= 4 is 23.2 Å². The van der Waals surface area contributed by atoms with E-state index in [4.69, 9.17) is 0 Å². The quantitative estimate of drug-likeness (QED) is 0.784. The van der Waals surface area contributed by atoms with Crippen LogP contribution in [-0.2, 0) is 20.9 Å². The monoisotopic (exact) mass is 295 g/mol. The van der Waals surface area contributed by atoms with Crippen molar-refractivity contribution in [2.24, 2.45) is 0 Å². The SMILES string of the molecule is COC(=O)C(C)NC(=O)Cn1nnc(-c2ccsc2)n1. The molecule has 8 nitrogen and oxygen atoms in total. The van der Waals surface area contributed by atoms with E-state index in [1.165, 1.54) is 30.2 Å². The molecule has 0 aliphatic heterocycles. The Hall–Kier alpha value is -2.29. The summed E-state index contributed by atoms with van der Waals surface area (Å²) in [4.78, 5) is 24.0. The number of aromatic nitrogens is 4. The molecule has 20 heavy (non-hydrogen) atoms. The molecule has 2 aromatic rings. The zero-order valence-corrected chi connectivity index (χ0v) is 11.8. The molecule has 1 unspecified atom stereocenters. The zero-order valence-electron chi connectivity index (χ0n) is 10.9. The smallest absolute Gasteiger partial charge is 0.328 e. The van der Waals surface area contributed by atoms with Crippen molar-refractivity contribution in [1.82, 2.24) is 25.5 Å². The first-order valence-corrected chi connectivity index (χ1v) is 6.72. The number of nitrogens with one attached hydrogen (secondary N) is 1. The Bertz CT molecular complexity index is 595. The molecule has 0 radical (unpaired) electrons. The van der Waals surface area contributed by atoms with E-state index in [2.05, 4.69) is 25.5 Å². The Morgan fingerprint density at radius 3 is 3.00 bits per heavy atom. The van der Waals surface area contributed by atoms with E-state index in [-0.39, 0.29) is 6.54 Å². The van der Waals surface area contributed by atoms with Gasteiger partial charge in [-0.1, -0.05) is 0 Å². The largest absolute Gasteiger partial charge is 0.467 e. The minimum Gasteiger partial charge on any atom is -0.467 e. The van der Waals surface area contributed by atoms with Gasteiger partial charge in [0.25, 0.3) is 0 Å². The second-order valence-corrected chi connectivity index (χ2v) is 4.75. The highest BCUT2D eigenvalue weighted by Gasteiger charge is 2.17. The normalized spacial score (nSPS) is 11.9. The second kappa shape index (κ2) is 6.24. The Kier molecular flexibility index (Phi) is 4.41. The van der Waals surface area contributed by atoms with Gasteiger partial charge in [-0.25, -0.2) is 4.79 Å². The molecule has 1 atom stereocenters. The molecule has 0 aliphatic carbocycles. The van der Waals surface area contributed by atoms with Crippen LogP contribution in [0.5, 0.6) is 0 Å². The van der Waals surface area contributed by atoms with Crippen LogP contribution in [-0.4, -0.2) is 45.2 Å². The van der Waals surface area contributed by atoms with E-state index in [0.717, 1.165) is 5.56 Å². The number of carbonyl (C=O) groups excluding carboxylic acids is 2. The van der Waals surface area contributed by atoms with Crippen molar-refractivity contribution in [3.63, 3.8) is 0 Å². The van der Waals surface area contributed by atoms with E-state index in [9.17, 15) is 9.59 Å². The van der Waals surface area contributed by atoms with Crippen molar-refractivity contribution in [1.29, 1.82) is 0 Å². The van der Waals surface area contributed by atoms with Crippen LogP contribution in [0.15, 0.2) is 16.8 Å². The van der Waals surface area contributed by atoms with Crippen LogP contribution in [0.1, 0.15) is 6.92 Å². The zero-order chi connectivity index (χ0) is 14.5. The lowest BCUT2D eigenvalue weighted by molar-refractivity contribution is -0.144. The number of esters is 1. The summed E-state index contributed by atoms with van der Waals surface area (Å²) in [6.07, 6.45) is 0. The van der Waals surface area contributed by atoms with Gasteiger partial charge in [0.1, 0.15) is 12.6 Å². The molecule has 0 spiro atoms. The number of amides is 1. The van der Waals surface area contributed by atoms with Crippen LogP contribution < -0.4 is 5.32 Å². The van der Waals surface area contributed by atoms with Crippen molar-refractivity contribution < 1.29 is 14.3 Å². The molecule has 2 aromatic heterocycles. The Balaban J connectivity index is 1.94. The fraction of sp³-hybridized carbons (Fsp3) is 0.364.